The Labute approximate surface area is 201 Å². The number of amides is 3. The van der Waals surface area contributed by atoms with Crippen LogP contribution in [-0.4, -0.2) is 67.1 Å². The van der Waals surface area contributed by atoms with Crippen molar-refractivity contribution in [1.29, 1.82) is 0 Å². The van der Waals surface area contributed by atoms with Crippen molar-refractivity contribution >= 4 is 17.6 Å². The van der Waals surface area contributed by atoms with Crippen molar-refractivity contribution in [3.63, 3.8) is 0 Å². The number of likely N-dealkylation sites (tertiary alicyclic amines) is 2. The van der Waals surface area contributed by atoms with Gasteiger partial charge in [-0.1, -0.05) is 42.5 Å². The van der Waals surface area contributed by atoms with Crippen LogP contribution in [0.4, 0.5) is 10.5 Å². The van der Waals surface area contributed by atoms with Crippen LogP contribution in [0.15, 0.2) is 54.6 Å². The standard InChI is InChI=1S/C27H34N4O3/c32-26(28-23-12-15-29(16-13-23)19-21-7-2-1-3-8-21)22-9-6-14-30(20-22)27(33)31-17-18-34-25-11-5-4-10-24(25)31/h1-5,7-8,10-11,22-23H,6,9,12-20H2,(H,28,32). The molecule has 7 heteroatoms. The zero-order valence-electron chi connectivity index (χ0n) is 19.7. The molecule has 0 bridgehead atoms. The summed E-state index contributed by atoms with van der Waals surface area (Å²) in [7, 11) is 0. The molecule has 5 rings (SSSR count). The lowest BCUT2D eigenvalue weighted by Gasteiger charge is -2.38. The summed E-state index contributed by atoms with van der Waals surface area (Å²) in [6.07, 6.45) is 3.63. The van der Waals surface area contributed by atoms with Crippen LogP contribution in [0.3, 0.4) is 0 Å². The number of anilines is 1. The van der Waals surface area contributed by atoms with Crippen LogP contribution in [-0.2, 0) is 11.3 Å². The Morgan fingerprint density at radius 1 is 0.912 bits per heavy atom. The highest BCUT2D eigenvalue weighted by atomic mass is 16.5. The number of nitrogens with zero attached hydrogens (tertiary/aromatic N) is 3. The van der Waals surface area contributed by atoms with E-state index in [0.717, 1.165) is 56.8 Å². The van der Waals surface area contributed by atoms with E-state index in [2.05, 4.69) is 34.5 Å². The predicted octanol–water partition coefficient (Wildman–Crippen LogP) is 3.50. The zero-order chi connectivity index (χ0) is 23.3. The molecular weight excluding hydrogens is 428 g/mol. The van der Waals surface area contributed by atoms with Crippen LogP contribution in [0, 0.1) is 5.92 Å². The van der Waals surface area contributed by atoms with Gasteiger partial charge in [0.1, 0.15) is 12.4 Å². The molecule has 1 atom stereocenters. The van der Waals surface area contributed by atoms with E-state index in [0.29, 0.717) is 26.2 Å². The number of para-hydroxylation sites is 2. The van der Waals surface area contributed by atoms with E-state index in [1.54, 1.807) is 4.90 Å². The summed E-state index contributed by atoms with van der Waals surface area (Å²) in [6.45, 7) is 5.15. The maximum atomic E-state index is 13.3. The zero-order valence-corrected chi connectivity index (χ0v) is 19.7. The van der Waals surface area contributed by atoms with Crippen molar-refractivity contribution < 1.29 is 14.3 Å². The first kappa shape index (κ1) is 22.7. The van der Waals surface area contributed by atoms with Crippen molar-refractivity contribution in [2.45, 2.75) is 38.3 Å². The van der Waals surface area contributed by atoms with Crippen molar-refractivity contribution in [3.8, 4) is 5.75 Å². The van der Waals surface area contributed by atoms with Gasteiger partial charge in [0.25, 0.3) is 0 Å². The summed E-state index contributed by atoms with van der Waals surface area (Å²) < 4.78 is 5.70. The molecule has 1 N–H and O–H groups in total. The minimum atomic E-state index is -0.142. The summed E-state index contributed by atoms with van der Waals surface area (Å²) >= 11 is 0. The Morgan fingerprint density at radius 2 is 1.68 bits per heavy atom. The van der Waals surface area contributed by atoms with Gasteiger partial charge in [0.2, 0.25) is 5.91 Å². The Hall–Kier alpha value is -3.06. The van der Waals surface area contributed by atoms with E-state index >= 15 is 0 Å². The molecule has 0 saturated carbocycles. The fourth-order valence-electron chi connectivity index (χ4n) is 5.30. The van der Waals surface area contributed by atoms with Crippen molar-refractivity contribution in [3.05, 3.63) is 60.2 Å². The first-order valence-electron chi connectivity index (χ1n) is 12.5. The van der Waals surface area contributed by atoms with Gasteiger partial charge in [-0.25, -0.2) is 4.79 Å². The molecule has 180 valence electrons. The summed E-state index contributed by atoms with van der Waals surface area (Å²) in [5, 5.41) is 3.29. The molecule has 3 heterocycles. The molecule has 3 amide bonds. The fraction of sp³-hybridized carbons (Fsp3) is 0.481. The molecule has 2 aromatic rings. The Bertz CT molecular complexity index is 990. The maximum absolute atomic E-state index is 13.3. The summed E-state index contributed by atoms with van der Waals surface area (Å²) in [5.74, 6) is 0.699. The summed E-state index contributed by atoms with van der Waals surface area (Å²) in [4.78, 5) is 32.5. The number of carbonyl (C=O) groups is 2. The molecule has 2 fully saturated rings. The molecule has 3 aliphatic heterocycles. The molecule has 34 heavy (non-hydrogen) atoms. The fourth-order valence-corrected chi connectivity index (χ4v) is 5.30. The van der Waals surface area contributed by atoms with Gasteiger partial charge in [-0.2, -0.15) is 0 Å². The van der Waals surface area contributed by atoms with Gasteiger partial charge < -0.3 is 15.0 Å². The van der Waals surface area contributed by atoms with Crippen LogP contribution in [0.25, 0.3) is 0 Å². The first-order valence-corrected chi connectivity index (χ1v) is 12.5. The van der Waals surface area contributed by atoms with Gasteiger partial charge in [-0.15, -0.1) is 0 Å². The average Bonchev–Trinajstić information content (AvgIpc) is 2.90. The van der Waals surface area contributed by atoms with Crippen LogP contribution >= 0.6 is 0 Å². The number of urea groups is 1. The highest BCUT2D eigenvalue weighted by Gasteiger charge is 2.34. The number of carbonyl (C=O) groups excluding carboxylic acids is 2. The molecule has 1 unspecified atom stereocenters. The highest BCUT2D eigenvalue weighted by Crippen LogP contribution is 2.32. The molecule has 0 aliphatic carbocycles. The number of fused-ring (bicyclic) bond motifs is 1. The number of hydrogen-bond acceptors (Lipinski definition) is 4. The van der Waals surface area contributed by atoms with Crippen molar-refractivity contribution in [2.75, 3.05) is 44.2 Å². The summed E-state index contributed by atoms with van der Waals surface area (Å²) in [6, 6.07) is 18.4. The number of benzene rings is 2. The van der Waals surface area contributed by atoms with E-state index < -0.39 is 0 Å². The molecule has 2 saturated heterocycles. The molecule has 0 radical (unpaired) electrons. The highest BCUT2D eigenvalue weighted by molar-refractivity contribution is 5.94. The van der Waals surface area contributed by atoms with Gasteiger partial charge >= 0.3 is 6.03 Å². The summed E-state index contributed by atoms with van der Waals surface area (Å²) in [5.41, 5.74) is 2.15. The second-order valence-corrected chi connectivity index (χ2v) is 9.58. The third-order valence-corrected chi connectivity index (χ3v) is 7.21. The minimum absolute atomic E-state index is 0.0255. The van der Waals surface area contributed by atoms with Gasteiger partial charge in [-0.05, 0) is 43.4 Å². The van der Waals surface area contributed by atoms with E-state index in [1.807, 2.05) is 35.2 Å². The molecule has 3 aliphatic rings. The number of hydrogen-bond donors (Lipinski definition) is 1. The minimum Gasteiger partial charge on any atom is -0.490 e. The smallest absolute Gasteiger partial charge is 0.324 e. The lowest BCUT2D eigenvalue weighted by atomic mass is 9.95. The monoisotopic (exact) mass is 462 g/mol. The van der Waals surface area contributed by atoms with Gasteiger partial charge in [0, 0.05) is 38.8 Å². The predicted molar refractivity (Wildman–Crippen MR) is 132 cm³/mol. The first-order chi connectivity index (χ1) is 16.7. The molecule has 7 nitrogen and oxygen atoms in total. The lowest BCUT2D eigenvalue weighted by molar-refractivity contribution is -0.127. The van der Waals surface area contributed by atoms with Crippen LogP contribution in [0.1, 0.15) is 31.2 Å². The Morgan fingerprint density at radius 3 is 2.50 bits per heavy atom. The van der Waals surface area contributed by atoms with E-state index in [4.69, 9.17) is 4.74 Å². The largest absolute Gasteiger partial charge is 0.490 e. The van der Waals surface area contributed by atoms with E-state index in [-0.39, 0.29) is 23.9 Å². The van der Waals surface area contributed by atoms with Gasteiger partial charge in [0.15, 0.2) is 0 Å². The van der Waals surface area contributed by atoms with Gasteiger partial charge in [-0.3, -0.25) is 14.6 Å². The molecule has 0 aromatic heterocycles. The number of nitrogens with one attached hydrogen (secondary N) is 1. The molecular formula is C27H34N4O3. The normalized spacial score (nSPS) is 21.5. The van der Waals surface area contributed by atoms with Crippen molar-refractivity contribution in [1.82, 2.24) is 15.1 Å². The van der Waals surface area contributed by atoms with Crippen molar-refractivity contribution in [2.24, 2.45) is 5.92 Å². The third-order valence-electron chi connectivity index (χ3n) is 7.21. The number of piperidine rings is 2. The Balaban J connectivity index is 1.12. The second-order valence-electron chi connectivity index (χ2n) is 9.58. The number of ether oxygens (including phenoxy) is 1. The number of rotatable bonds is 4. The van der Waals surface area contributed by atoms with Crippen LogP contribution in [0.2, 0.25) is 0 Å². The van der Waals surface area contributed by atoms with E-state index in [1.165, 1.54) is 5.56 Å². The molecule has 0 spiro atoms. The maximum Gasteiger partial charge on any atom is 0.324 e. The lowest BCUT2D eigenvalue weighted by Crippen LogP contribution is -2.53. The third kappa shape index (κ3) is 5.20. The SMILES string of the molecule is O=C(NC1CCN(Cc2ccccc2)CC1)C1CCCN(C(=O)N2CCOc3ccccc32)C1. The average molecular weight is 463 g/mol. The van der Waals surface area contributed by atoms with Gasteiger partial charge in [0.05, 0.1) is 18.2 Å². The molecule has 2 aromatic carbocycles. The van der Waals surface area contributed by atoms with Crippen LogP contribution in [0.5, 0.6) is 5.75 Å². The Kier molecular flexibility index (Phi) is 7.00. The second kappa shape index (κ2) is 10.5. The van der Waals surface area contributed by atoms with Crippen LogP contribution < -0.4 is 15.0 Å². The topological polar surface area (TPSA) is 65.1 Å². The van der Waals surface area contributed by atoms with E-state index in [9.17, 15) is 9.59 Å². The quantitative estimate of drug-likeness (QED) is 0.756.